The summed E-state index contributed by atoms with van der Waals surface area (Å²) in [6.07, 6.45) is 0. The third kappa shape index (κ3) is 4.24. The second kappa shape index (κ2) is 6.56. The van der Waals surface area contributed by atoms with Gasteiger partial charge in [0.15, 0.2) is 5.84 Å². The maximum absolute atomic E-state index is 12.2. The minimum atomic E-state index is -0.663. The van der Waals surface area contributed by atoms with Gasteiger partial charge in [-0.15, -0.1) is 0 Å². The molecule has 4 N–H and O–H groups in total. The number of nitrogens with two attached hydrogens (primary N) is 1. The number of anilines is 1. The van der Waals surface area contributed by atoms with Gasteiger partial charge in [-0.2, -0.15) is 0 Å². The Morgan fingerprint density at radius 2 is 2.05 bits per heavy atom. The average molecular weight is 328 g/mol. The molecule has 0 aliphatic rings. The molecule has 1 rings (SSSR count). The minimum Gasteiger partial charge on any atom is -0.409 e. The zero-order valence-electron chi connectivity index (χ0n) is 11.1. The van der Waals surface area contributed by atoms with Gasteiger partial charge in [-0.3, -0.25) is 4.79 Å². The number of amides is 1. The van der Waals surface area contributed by atoms with Gasteiger partial charge in [0.2, 0.25) is 5.91 Å². The quantitative estimate of drug-likeness (QED) is 0.344. The van der Waals surface area contributed by atoms with Gasteiger partial charge in [-0.05, 0) is 36.6 Å². The van der Waals surface area contributed by atoms with Crippen LogP contribution in [0.4, 0.5) is 5.69 Å². The largest absolute Gasteiger partial charge is 0.409 e. The number of carbonyl (C=O) groups excluding carboxylic acids is 1. The summed E-state index contributed by atoms with van der Waals surface area (Å²) in [6, 6.07) is 5.60. The molecule has 0 aliphatic carbocycles. The first-order chi connectivity index (χ1) is 8.85. The maximum atomic E-state index is 12.2. The molecule has 1 aromatic rings. The fourth-order valence-electron chi connectivity index (χ4n) is 1.87. The Morgan fingerprint density at radius 3 is 2.53 bits per heavy atom. The van der Waals surface area contributed by atoms with E-state index in [2.05, 4.69) is 26.4 Å². The number of nitrogens with one attached hydrogen (secondary N) is 1. The monoisotopic (exact) mass is 327 g/mol. The van der Waals surface area contributed by atoms with E-state index in [0.29, 0.717) is 5.69 Å². The van der Waals surface area contributed by atoms with Crippen molar-refractivity contribution in [1.29, 1.82) is 0 Å². The molecule has 1 atom stereocenters. The van der Waals surface area contributed by atoms with Crippen LogP contribution in [0.3, 0.4) is 0 Å². The van der Waals surface area contributed by atoms with E-state index in [0.717, 1.165) is 10.0 Å². The van der Waals surface area contributed by atoms with Gasteiger partial charge >= 0.3 is 0 Å². The van der Waals surface area contributed by atoms with Crippen molar-refractivity contribution in [3.05, 3.63) is 28.2 Å². The van der Waals surface area contributed by atoms with Crippen molar-refractivity contribution in [2.24, 2.45) is 22.7 Å². The van der Waals surface area contributed by atoms with E-state index in [-0.39, 0.29) is 17.7 Å². The van der Waals surface area contributed by atoms with Crippen molar-refractivity contribution >= 4 is 33.4 Å². The smallest absolute Gasteiger partial charge is 0.235 e. The molecule has 0 spiro atoms. The van der Waals surface area contributed by atoms with E-state index in [1.807, 2.05) is 32.9 Å². The summed E-state index contributed by atoms with van der Waals surface area (Å²) in [5.74, 6) is -1.10. The fraction of sp³-hybridized carbons (Fsp3) is 0.385. The molecule has 0 fully saturated rings. The highest BCUT2D eigenvalue weighted by atomic mass is 79.9. The van der Waals surface area contributed by atoms with Crippen molar-refractivity contribution in [2.45, 2.75) is 20.8 Å². The Labute approximate surface area is 121 Å². The van der Waals surface area contributed by atoms with Gasteiger partial charge in [0, 0.05) is 10.2 Å². The third-order valence-corrected chi connectivity index (χ3v) is 3.15. The number of hydrogen-bond acceptors (Lipinski definition) is 3. The summed E-state index contributed by atoms with van der Waals surface area (Å²) in [7, 11) is 0. The van der Waals surface area contributed by atoms with Gasteiger partial charge in [0.1, 0.15) is 5.92 Å². The van der Waals surface area contributed by atoms with Crippen molar-refractivity contribution in [3.63, 3.8) is 0 Å². The molecule has 0 aromatic heterocycles. The molecule has 6 heteroatoms. The Bertz CT molecular complexity index is 480. The molecule has 0 saturated heterocycles. The molecule has 5 nitrogen and oxygen atoms in total. The highest BCUT2D eigenvalue weighted by molar-refractivity contribution is 9.10. The average Bonchev–Trinajstić information content (AvgIpc) is 2.26. The van der Waals surface area contributed by atoms with Crippen LogP contribution in [-0.2, 0) is 4.79 Å². The number of nitrogens with zero attached hydrogens (tertiary/aromatic N) is 1. The zero-order valence-corrected chi connectivity index (χ0v) is 12.7. The summed E-state index contributed by atoms with van der Waals surface area (Å²) in [5.41, 5.74) is 7.26. The number of rotatable bonds is 4. The van der Waals surface area contributed by atoms with Crippen LogP contribution in [0.15, 0.2) is 27.8 Å². The third-order valence-electron chi connectivity index (χ3n) is 2.69. The van der Waals surface area contributed by atoms with Crippen molar-refractivity contribution in [1.82, 2.24) is 0 Å². The molecular weight excluding hydrogens is 310 g/mol. The summed E-state index contributed by atoms with van der Waals surface area (Å²) in [6.45, 7) is 5.62. The summed E-state index contributed by atoms with van der Waals surface area (Å²) < 4.78 is 0.882. The second-order valence-electron chi connectivity index (χ2n) is 4.75. The molecule has 19 heavy (non-hydrogen) atoms. The molecule has 1 amide bonds. The SMILES string of the molecule is Cc1cc(Br)cc(NC(=O)C(/C(N)=N/O)C(C)C)c1. The van der Waals surface area contributed by atoms with Crippen LogP contribution < -0.4 is 11.1 Å². The molecule has 0 heterocycles. The molecule has 0 saturated carbocycles. The molecule has 104 valence electrons. The van der Waals surface area contributed by atoms with Crippen LogP contribution in [0.5, 0.6) is 0 Å². The molecule has 0 bridgehead atoms. The van der Waals surface area contributed by atoms with E-state index in [1.54, 1.807) is 6.07 Å². The van der Waals surface area contributed by atoms with Gasteiger partial charge in [0.25, 0.3) is 0 Å². The predicted molar refractivity (Wildman–Crippen MR) is 79.2 cm³/mol. The molecule has 1 unspecified atom stereocenters. The Morgan fingerprint density at radius 1 is 1.42 bits per heavy atom. The number of oxime groups is 1. The van der Waals surface area contributed by atoms with E-state index in [9.17, 15) is 4.79 Å². The molecule has 0 radical (unpaired) electrons. The lowest BCUT2D eigenvalue weighted by atomic mass is 9.93. The van der Waals surface area contributed by atoms with E-state index in [1.165, 1.54) is 0 Å². The first-order valence-corrected chi connectivity index (χ1v) is 6.70. The Balaban J connectivity index is 2.93. The number of aryl methyl sites for hydroxylation is 1. The van der Waals surface area contributed by atoms with E-state index >= 15 is 0 Å². The first-order valence-electron chi connectivity index (χ1n) is 5.90. The van der Waals surface area contributed by atoms with Crippen LogP contribution in [0.2, 0.25) is 0 Å². The Hall–Kier alpha value is -1.56. The Kier molecular flexibility index (Phi) is 5.35. The zero-order chi connectivity index (χ0) is 14.6. The van der Waals surface area contributed by atoms with Gasteiger partial charge < -0.3 is 16.3 Å². The highest BCUT2D eigenvalue weighted by Gasteiger charge is 2.26. The first kappa shape index (κ1) is 15.5. The minimum absolute atomic E-state index is 0.0656. The summed E-state index contributed by atoms with van der Waals surface area (Å²) >= 11 is 3.37. The molecule has 1 aromatic carbocycles. The number of amidine groups is 1. The number of benzene rings is 1. The van der Waals surface area contributed by atoms with Crippen molar-refractivity contribution in [2.75, 3.05) is 5.32 Å². The van der Waals surface area contributed by atoms with E-state index < -0.39 is 5.92 Å². The summed E-state index contributed by atoms with van der Waals surface area (Å²) in [4.78, 5) is 12.2. The van der Waals surface area contributed by atoms with Crippen LogP contribution in [0.1, 0.15) is 19.4 Å². The lowest BCUT2D eigenvalue weighted by molar-refractivity contribution is -0.119. The van der Waals surface area contributed by atoms with Crippen molar-refractivity contribution < 1.29 is 10.0 Å². The summed E-state index contributed by atoms with van der Waals surface area (Å²) in [5, 5.41) is 14.4. The number of carbonyl (C=O) groups is 1. The van der Waals surface area contributed by atoms with Gasteiger partial charge in [0.05, 0.1) is 0 Å². The number of halogens is 1. The second-order valence-corrected chi connectivity index (χ2v) is 5.67. The standard InChI is InChI=1S/C13H18BrN3O2/c1-7(2)11(12(15)17-19)13(18)16-10-5-8(3)4-9(14)6-10/h4-7,11,19H,1-3H3,(H2,15,17)(H,16,18). The highest BCUT2D eigenvalue weighted by Crippen LogP contribution is 2.21. The van der Waals surface area contributed by atoms with Crippen LogP contribution in [-0.4, -0.2) is 17.0 Å². The van der Waals surface area contributed by atoms with Crippen LogP contribution >= 0.6 is 15.9 Å². The predicted octanol–water partition coefficient (Wildman–Crippen LogP) is 2.71. The lowest BCUT2D eigenvalue weighted by Crippen LogP contribution is -2.38. The molecular formula is C13H18BrN3O2. The van der Waals surface area contributed by atoms with Crippen LogP contribution in [0, 0.1) is 18.8 Å². The topological polar surface area (TPSA) is 87.7 Å². The normalized spacial score (nSPS) is 13.4. The molecule has 0 aliphatic heterocycles. The lowest BCUT2D eigenvalue weighted by Gasteiger charge is -2.19. The van der Waals surface area contributed by atoms with Gasteiger partial charge in [-0.25, -0.2) is 0 Å². The van der Waals surface area contributed by atoms with Crippen LogP contribution in [0.25, 0.3) is 0 Å². The van der Waals surface area contributed by atoms with Crippen molar-refractivity contribution in [3.8, 4) is 0 Å². The van der Waals surface area contributed by atoms with E-state index in [4.69, 9.17) is 10.9 Å². The maximum Gasteiger partial charge on any atom is 0.235 e. The number of hydrogen-bond donors (Lipinski definition) is 3. The fourth-order valence-corrected chi connectivity index (χ4v) is 2.48. The van der Waals surface area contributed by atoms with Gasteiger partial charge in [-0.1, -0.05) is 34.9 Å².